The fourth-order valence-electron chi connectivity index (χ4n) is 2.71. The molecule has 0 atom stereocenters. The minimum atomic E-state index is -0.830. The van der Waals surface area contributed by atoms with Crippen LogP contribution in [0.1, 0.15) is 6.92 Å². The summed E-state index contributed by atoms with van der Waals surface area (Å²) >= 11 is 7.05. The predicted octanol–water partition coefficient (Wildman–Crippen LogP) is 3.41. The number of hydrogen-bond donors (Lipinski definition) is 1. The number of nitrogens with one attached hydrogen (secondary N) is 1. The average Bonchev–Trinajstić information content (AvgIpc) is 2.72. The maximum atomic E-state index is 13.3. The first kappa shape index (κ1) is 21.7. The maximum absolute atomic E-state index is 13.3. The van der Waals surface area contributed by atoms with E-state index < -0.39 is 12.0 Å². The minimum Gasteiger partial charge on any atom is -0.495 e. The van der Waals surface area contributed by atoms with Crippen LogP contribution in [-0.4, -0.2) is 41.0 Å². The van der Waals surface area contributed by atoms with Gasteiger partial charge in [0.1, 0.15) is 5.75 Å². The van der Waals surface area contributed by atoms with E-state index in [1.165, 1.54) is 11.7 Å². The van der Waals surface area contributed by atoms with Crippen LogP contribution in [0.3, 0.4) is 0 Å². The number of aromatic nitrogens is 2. The van der Waals surface area contributed by atoms with Crippen LogP contribution in [0.2, 0.25) is 5.02 Å². The fourth-order valence-corrected chi connectivity index (χ4v) is 3.68. The lowest BCUT2D eigenvalue weighted by Crippen LogP contribution is -2.32. The molecular formula is C20H18ClN3O5S. The number of ether oxygens (including phenoxy) is 2. The second-order valence-corrected chi connectivity index (χ2v) is 7.30. The Hall–Kier alpha value is -3.04. The molecule has 3 rings (SSSR count). The van der Waals surface area contributed by atoms with E-state index in [1.807, 2.05) is 0 Å². The Morgan fingerprint density at radius 3 is 2.73 bits per heavy atom. The van der Waals surface area contributed by atoms with Crippen LogP contribution >= 0.6 is 23.4 Å². The van der Waals surface area contributed by atoms with Crippen LogP contribution in [0.4, 0.5) is 4.79 Å². The summed E-state index contributed by atoms with van der Waals surface area (Å²) < 4.78 is 11.5. The third-order valence-electron chi connectivity index (χ3n) is 3.98. The van der Waals surface area contributed by atoms with Gasteiger partial charge in [-0.3, -0.25) is 19.5 Å². The first-order chi connectivity index (χ1) is 14.4. The molecule has 1 heterocycles. The summed E-state index contributed by atoms with van der Waals surface area (Å²) in [6.07, 6.45) is -0.830. The van der Waals surface area contributed by atoms with Crippen LogP contribution in [0.15, 0.2) is 52.4 Å². The number of hydrogen-bond acceptors (Lipinski definition) is 7. The molecule has 0 fully saturated rings. The van der Waals surface area contributed by atoms with Crippen molar-refractivity contribution in [3.8, 4) is 11.4 Å². The molecule has 0 aliphatic rings. The summed E-state index contributed by atoms with van der Waals surface area (Å²) in [6.45, 7) is 1.78. The lowest BCUT2D eigenvalue weighted by Gasteiger charge is -2.15. The van der Waals surface area contributed by atoms with Crippen molar-refractivity contribution in [2.24, 2.45) is 0 Å². The molecule has 10 heteroatoms. The Morgan fingerprint density at radius 1 is 1.23 bits per heavy atom. The number of imide groups is 1. The van der Waals surface area contributed by atoms with E-state index in [0.717, 1.165) is 11.8 Å². The number of fused-ring (bicyclic) bond motifs is 1. The van der Waals surface area contributed by atoms with Gasteiger partial charge in [0.15, 0.2) is 5.16 Å². The molecule has 3 aromatic rings. The molecule has 0 radical (unpaired) electrons. The predicted molar refractivity (Wildman–Crippen MR) is 115 cm³/mol. The monoisotopic (exact) mass is 447 g/mol. The number of halogens is 1. The molecule has 1 aromatic heterocycles. The molecule has 2 amide bonds. The molecule has 30 heavy (non-hydrogen) atoms. The number of carbonyl (C=O) groups is 2. The van der Waals surface area contributed by atoms with Crippen molar-refractivity contribution in [3.63, 3.8) is 0 Å². The standard InChI is InChI=1S/C20H18ClN3O5S/c1-3-29-20(27)23-17(25)11-30-19-22-14-10-12(21)8-9-13(14)18(26)24(19)15-6-4-5-7-16(15)28-2/h4-10H,3,11H2,1-2H3,(H,23,25,27). The van der Waals surface area contributed by atoms with Crippen molar-refractivity contribution in [2.45, 2.75) is 12.1 Å². The van der Waals surface area contributed by atoms with Gasteiger partial charge in [0.25, 0.3) is 5.56 Å². The zero-order chi connectivity index (χ0) is 21.7. The van der Waals surface area contributed by atoms with Crippen molar-refractivity contribution in [1.82, 2.24) is 14.9 Å². The van der Waals surface area contributed by atoms with E-state index in [-0.39, 0.29) is 23.1 Å². The van der Waals surface area contributed by atoms with E-state index in [0.29, 0.717) is 27.4 Å². The molecule has 0 aliphatic carbocycles. The average molecular weight is 448 g/mol. The van der Waals surface area contributed by atoms with Gasteiger partial charge in [0.2, 0.25) is 5.91 Å². The van der Waals surface area contributed by atoms with Gasteiger partial charge in [-0.1, -0.05) is 35.5 Å². The van der Waals surface area contributed by atoms with Crippen LogP contribution in [0, 0.1) is 0 Å². The number of nitrogens with zero attached hydrogens (tertiary/aromatic N) is 2. The van der Waals surface area contributed by atoms with E-state index in [4.69, 9.17) is 21.1 Å². The highest BCUT2D eigenvalue weighted by Gasteiger charge is 2.18. The van der Waals surface area contributed by atoms with Gasteiger partial charge < -0.3 is 9.47 Å². The molecular weight excluding hydrogens is 430 g/mol. The molecule has 0 aliphatic heterocycles. The number of alkyl carbamates (subject to hydrolysis) is 1. The van der Waals surface area contributed by atoms with Gasteiger partial charge in [0.05, 0.1) is 36.1 Å². The van der Waals surface area contributed by atoms with Crippen molar-refractivity contribution in [2.75, 3.05) is 19.5 Å². The van der Waals surface area contributed by atoms with Gasteiger partial charge in [-0.2, -0.15) is 0 Å². The van der Waals surface area contributed by atoms with Gasteiger partial charge in [-0.05, 0) is 37.3 Å². The van der Waals surface area contributed by atoms with E-state index in [2.05, 4.69) is 10.3 Å². The van der Waals surface area contributed by atoms with Crippen molar-refractivity contribution in [1.29, 1.82) is 0 Å². The van der Waals surface area contributed by atoms with Crippen LogP contribution in [0.5, 0.6) is 5.75 Å². The number of benzene rings is 2. The summed E-state index contributed by atoms with van der Waals surface area (Å²) in [4.78, 5) is 41.3. The number of rotatable bonds is 6. The molecule has 0 unspecified atom stereocenters. The summed E-state index contributed by atoms with van der Waals surface area (Å²) in [5, 5.41) is 3.16. The first-order valence-electron chi connectivity index (χ1n) is 8.89. The minimum absolute atomic E-state index is 0.145. The number of carbonyl (C=O) groups excluding carboxylic acids is 2. The highest BCUT2D eigenvalue weighted by molar-refractivity contribution is 7.99. The second kappa shape index (κ2) is 9.64. The molecule has 0 saturated carbocycles. The van der Waals surface area contributed by atoms with Gasteiger partial charge in [0, 0.05) is 5.02 Å². The van der Waals surface area contributed by atoms with Gasteiger partial charge in [-0.25, -0.2) is 9.78 Å². The number of thioether (sulfide) groups is 1. The Kier molecular flexibility index (Phi) is 6.96. The Balaban J connectivity index is 2.06. The van der Waals surface area contributed by atoms with Crippen molar-refractivity contribution in [3.05, 3.63) is 57.8 Å². The Labute approximate surface area is 181 Å². The van der Waals surface area contributed by atoms with Crippen molar-refractivity contribution < 1.29 is 19.1 Å². The molecule has 8 nitrogen and oxygen atoms in total. The summed E-state index contributed by atoms with van der Waals surface area (Å²) in [5.41, 5.74) is 0.532. The quantitative estimate of drug-likeness (QED) is 0.456. The molecule has 0 saturated heterocycles. The molecule has 0 bridgehead atoms. The SMILES string of the molecule is CCOC(=O)NC(=O)CSc1nc2cc(Cl)ccc2c(=O)n1-c1ccccc1OC. The topological polar surface area (TPSA) is 99.5 Å². The zero-order valence-electron chi connectivity index (χ0n) is 16.2. The number of para-hydroxylation sites is 2. The lowest BCUT2D eigenvalue weighted by molar-refractivity contribution is -0.117. The smallest absolute Gasteiger partial charge is 0.413 e. The lowest BCUT2D eigenvalue weighted by atomic mass is 10.2. The largest absolute Gasteiger partial charge is 0.495 e. The van der Waals surface area contributed by atoms with Crippen LogP contribution < -0.4 is 15.6 Å². The fraction of sp³-hybridized carbons (Fsp3) is 0.200. The number of methoxy groups -OCH3 is 1. The first-order valence-corrected chi connectivity index (χ1v) is 10.3. The molecule has 0 spiro atoms. The summed E-state index contributed by atoms with van der Waals surface area (Å²) in [6, 6.07) is 11.8. The number of amides is 2. The van der Waals surface area contributed by atoms with Crippen LogP contribution in [-0.2, 0) is 9.53 Å². The maximum Gasteiger partial charge on any atom is 0.413 e. The van der Waals surface area contributed by atoms with Crippen LogP contribution in [0.25, 0.3) is 16.6 Å². The van der Waals surface area contributed by atoms with E-state index in [9.17, 15) is 14.4 Å². The zero-order valence-corrected chi connectivity index (χ0v) is 17.7. The molecule has 1 N–H and O–H groups in total. The summed E-state index contributed by atoms with van der Waals surface area (Å²) in [7, 11) is 1.50. The molecule has 2 aromatic carbocycles. The third kappa shape index (κ3) is 4.74. The van der Waals surface area contributed by atoms with Gasteiger partial charge in [-0.15, -0.1) is 0 Å². The Morgan fingerprint density at radius 2 is 2.00 bits per heavy atom. The van der Waals surface area contributed by atoms with E-state index in [1.54, 1.807) is 49.4 Å². The van der Waals surface area contributed by atoms with E-state index >= 15 is 0 Å². The highest BCUT2D eigenvalue weighted by atomic mass is 35.5. The second-order valence-electron chi connectivity index (χ2n) is 5.93. The van der Waals surface area contributed by atoms with Gasteiger partial charge >= 0.3 is 6.09 Å². The molecule has 156 valence electrons. The summed E-state index contributed by atoms with van der Waals surface area (Å²) in [5.74, 6) is -0.273. The normalized spacial score (nSPS) is 10.6. The Bertz CT molecular complexity index is 1160. The third-order valence-corrected chi connectivity index (χ3v) is 5.15. The highest BCUT2D eigenvalue weighted by Crippen LogP contribution is 2.27. The van der Waals surface area contributed by atoms with Crippen molar-refractivity contribution >= 4 is 46.3 Å².